The van der Waals surface area contributed by atoms with Gasteiger partial charge in [0.15, 0.2) is 0 Å². The normalized spacial score (nSPS) is 17.1. The molecule has 1 saturated heterocycles. The lowest BCUT2D eigenvalue weighted by molar-refractivity contribution is 0.0979. The standard InChI is InChI=1S/C35H40N6O3/c1-37-14-16-39(17-15-37)28-10-9-26(36-21-28)19-24-18-25(22-38(2)34(24)43)29-7-5-8-32(31(29)23-42)41-13-11-33-30(35(41)44)20-27-6-3-4-12-40(27)33/h5,7-10,18,20-22,42H,3-4,6,11-17,19,23H2,1-2H3. The van der Waals surface area contributed by atoms with Crippen LogP contribution in [-0.2, 0) is 39.5 Å². The topological polar surface area (TPSA) is 86.8 Å². The average Bonchev–Trinajstić information content (AvgIpc) is 3.43. The molecule has 1 amide bonds. The molecule has 6 heterocycles. The van der Waals surface area contributed by atoms with Crippen molar-refractivity contribution < 1.29 is 9.90 Å². The highest BCUT2D eigenvalue weighted by atomic mass is 16.3. The molecule has 3 aliphatic rings. The number of anilines is 2. The summed E-state index contributed by atoms with van der Waals surface area (Å²) >= 11 is 0. The number of rotatable bonds is 6. The molecule has 9 heteroatoms. The highest BCUT2D eigenvalue weighted by molar-refractivity contribution is 6.09. The summed E-state index contributed by atoms with van der Waals surface area (Å²) in [7, 11) is 3.90. The Bertz CT molecular complexity index is 1760. The van der Waals surface area contributed by atoms with Crippen molar-refractivity contribution >= 4 is 17.3 Å². The Hall–Kier alpha value is -4.21. The predicted molar refractivity (Wildman–Crippen MR) is 173 cm³/mol. The molecule has 9 nitrogen and oxygen atoms in total. The summed E-state index contributed by atoms with van der Waals surface area (Å²) in [6.07, 6.45) is 8.25. The highest BCUT2D eigenvalue weighted by Gasteiger charge is 2.32. The van der Waals surface area contributed by atoms with E-state index in [2.05, 4.69) is 33.5 Å². The van der Waals surface area contributed by atoms with Gasteiger partial charge >= 0.3 is 0 Å². The van der Waals surface area contributed by atoms with E-state index in [4.69, 9.17) is 4.98 Å². The number of pyridine rings is 2. The summed E-state index contributed by atoms with van der Waals surface area (Å²) in [4.78, 5) is 38.3. The van der Waals surface area contributed by atoms with Crippen LogP contribution in [0.4, 0.5) is 11.4 Å². The van der Waals surface area contributed by atoms with Crippen molar-refractivity contribution in [2.45, 2.75) is 45.3 Å². The van der Waals surface area contributed by atoms with Gasteiger partial charge in [-0.15, -0.1) is 0 Å². The third-order valence-electron chi connectivity index (χ3n) is 9.62. The molecule has 4 aromatic rings. The lowest BCUT2D eigenvalue weighted by Gasteiger charge is -2.33. The molecular formula is C35H40N6O3. The van der Waals surface area contributed by atoms with Crippen LogP contribution < -0.4 is 15.4 Å². The van der Waals surface area contributed by atoms with Gasteiger partial charge in [0, 0.05) is 93.6 Å². The smallest absolute Gasteiger partial charge is 0.260 e. The van der Waals surface area contributed by atoms with Gasteiger partial charge in [-0.25, -0.2) is 0 Å². The number of aliphatic hydroxyl groups excluding tert-OH is 1. The number of benzene rings is 1. The summed E-state index contributed by atoms with van der Waals surface area (Å²) in [5.41, 5.74) is 8.75. The first-order valence-electron chi connectivity index (χ1n) is 15.8. The van der Waals surface area contributed by atoms with Gasteiger partial charge in [0.2, 0.25) is 0 Å². The molecule has 228 valence electrons. The minimum absolute atomic E-state index is 0.00718. The van der Waals surface area contributed by atoms with E-state index >= 15 is 0 Å². The molecule has 1 N–H and O–H groups in total. The van der Waals surface area contributed by atoms with Crippen molar-refractivity contribution in [3.63, 3.8) is 0 Å². The van der Waals surface area contributed by atoms with Gasteiger partial charge in [0.25, 0.3) is 11.5 Å². The zero-order valence-corrected chi connectivity index (χ0v) is 25.6. The van der Waals surface area contributed by atoms with E-state index in [9.17, 15) is 14.7 Å². The largest absolute Gasteiger partial charge is 0.392 e. The average molecular weight is 593 g/mol. The van der Waals surface area contributed by atoms with E-state index < -0.39 is 0 Å². The maximum Gasteiger partial charge on any atom is 0.260 e. The first-order valence-corrected chi connectivity index (χ1v) is 15.8. The van der Waals surface area contributed by atoms with Gasteiger partial charge in [0.1, 0.15) is 0 Å². The SMILES string of the molecule is CN1CCN(c2ccc(Cc3cc(-c4cccc(N5CCc6c(cc7n6CCCC7)C5=O)c4CO)cn(C)c3=O)nc2)CC1. The van der Waals surface area contributed by atoms with Gasteiger partial charge in [-0.2, -0.15) is 0 Å². The third kappa shape index (κ3) is 5.14. The number of aromatic nitrogens is 3. The zero-order chi connectivity index (χ0) is 30.4. The number of hydrogen-bond acceptors (Lipinski definition) is 6. The van der Waals surface area contributed by atoms with Crippen molar-refractivity contribution in [3.8, 4) is 11.1 Å². The second-order valence-corrected chi connectivity index (χ2v) is 12.4. The maximum absolute atomic E-state index is 13.8. The first-order chi connectivity index (χ1) is 21.4. The number of hydrogen-bond donors (Lipinski definition) is 1. The van der Waals surface area contributed by atoms with Gasteiger partial charge in [-0.1, -0.05) is 12.1 Å². The number of carbonyl (C=O) groups excluding carboxylic acids is 1. The van der Waals surface area contributed by atoms with Crippen LogP contribution in [0.15, 0.2) is 59.7 Å². The van der Waals surface area contributed by atoms with Crippen LogP contribution in [0.5, 0.6) is 0 Å². The van der Waals surface area contributed by atoms with Crippen LogP contribution >= 0.6 is 0 Å². The number of aliphatic hydroxyl groups is 1. The number of fused-ring (bicyclic) bond motifs is 3. The number of piperazine rings is 1. The minimum Gasteiger partial charge on any atom is -0.392 e. The number of nitrogens with zero attached hydrogens (tertiary/aromatic N) is 6. The number of carbonyl (C=O) groups is 1. The zero-order valence-electron chi connectivity index (χ0n) is 25.6. The fraction of sp³-hybridized carbons (Fsp3) is 0.400. The third-order valence-corrected chi connectivity index (χ3v) is 9.62. The molecule has 0 saturated carbocycles. The Morgan fingerprint density at radius 3 is 2.50 bits per heavy atom. The molecule has 3 aliphatic heterocycles. The van der Waals surface area contributed by atoms with Gasteiger partial charge in [0.05, 0.1) is 29.7 Å². The monoisotopic (exact) mass is 592 g/mol. The van der Waals surface area contributed by atoms with E-state index in [0.717, 1.165) is 97.9 Å². The molecule has 1 fully saturated rings. The van der Waals surface area contributed by atoms with Crippen molar-refractivity contribution in [3.05, 3.63) is 99.0 Å². The molecular weight excluding hydrogens is 552 g/mol. The summed E-state index contributed by atoms with van der Waals surface area (Å²) in [5.74, 6) is -0.00718. The van der Waals surface area contributed by atoms with E-state index in [-0.39, 0.29) is 18.1 Å². The van der Waals surface area contributed by atoms with E-state index in [1.54, 1.807) is 11.6 Å². The van der Waals surface area contributed by atoms with E-state index in [1.165, 1.54) is 5.69 Å². The molecule has 0 bridgehead atoms. The minimum atomic E-state index is -0.220. The number of aryl methyl sites for hydroxylation is 2. The van der Waals surface area contributed by atoms with Crippen LogP contribution in [0.1, 0.15) is 51.4 Å². The molecule has 0 aliphatic carbocycles. The molecule has 0 spiro atoms. The van der Waals surface area contributed by atoms with Crippen LogP contribution in [0, 0.1) is 0 Å². The maximum atomic E-state index is 13.8. The molecule has 0 atom stereocenters. The van der Waals surface area contributed by atoms with Gasteiger partial charge in [-0.3, -0.25) is 14.6 Å². The molecule has 3 aromatic heterocycles. The molecule has 0 radical (unpaired) electrons. The predicted octanol–water partition coefficient (Wildman–Crippen LogP) is 3.62. The van der Waals surface area contributed by atoms with Crippen molar-refractivity contribution in [2.24, 2.45) is 7.05 Å². The number of amides is 1. The first kappa shape index (κ1) is 28.6. The second kappa shape index (κ2) is 11.7. The lowest BCUT2D eigenvalue weighted by Crippen LogP contribution is -2.44. The summed E-state index contributed by atoms with van der Waals surface area (Å²) in [5, 5.41) is 10.7. The summed E-state index contributed by atoms with van der Waals surface area (Å²) in [6.45, 7) is 5.35. The lowest BCUT2D eigenvalue weighted by atomic mass is 9.96. The second-order valence-electron chi connectivity index (χ2n) is 12.4. The molecule has 0 unspecified atom stereocenters. The highest BCUT2D eigenvalue weighted by Crippen LogP contribution is 2.36. The molecule has 44 heavy (non-hydrogen) atoms. The molecule has 1 aromatic carbocycles. The van der Waals surface area contributed by atoms with Crippen LogP contribution in [0.3, 0.4) is 0 Å². The van der Waals surface area contributed by atoms with E-state index in [0.29, 0.717) is 24.1 Å². The van der Waals surface area contributed by atoms with Crippen molar-refractivity contribution in [1.82, 2.24) is 19.0 Å². The summed E-state index contributed by atoms with van der Waals surface area (Å²) < 4.78 is 3.94. The van der Waals surface area contributed by atoms with Gasteiger partial charge < -0.3 is 28.9 Å². The van der Waals surface area contributed by atoms with Gasteiger partial charge in [-0.05, 0) is 67.8 Å². The molecule has 7 rings (SSSR count). The summed E-state index contributed by atoms with van der Waals surface area (Å²) in [6, 6.07) is 13.9. The quantitative estimate of drug-likeness (QED) is 0.368. The van der Waals surface area contributed by atoms with Crippen molar-refractivity contribution in [2.75, 3.05) is 49.6 Å². The Morgan fingerprint density at radius 2 is 1.73 bits per heavy atom. The fourth-order valence-electron chi connectivity index (χ4n) is 7.14. The van der Waals surface area contributed by atoms with E-state index in [1.807, 2.05) is 47.6 Å². The Labute approximate surface area is 258 Å². The Morgan fingerprint density at radius 1 is 0.886 bits per heavy atom. The van der Waals surface area contributed by atoms with Crippen LogP contribution in [0.2, 0.25) is 0 Å². The Kier molecular flexibility index (Phi) is 7.60. The Balaban J connectivity index is 1.18. The number of likely N-dealkylation sites (N-methyl/N-ethyl adjacent to an activating group) is 1. The van der Waals surface area contributed by atoms with Crippen LogP contribution in [0.25, 0.3) is 11.1 Å². The van der Waals surface area contributed by atoms with Crippen molar-refractivity contribution in [1.29, 1.82) is 0 Å². The fourth-order valence-corrected chi connectivity index (χ4v) is 7.14. The van der Waals surface area contributed by atoms with Crippen LogP contribution in [-0.4, -0.2) is 69.8 Å².